The molecule has 3 aromatic rings. The Morgan fingerprint density at radius 1 is 1.00 bits per heavy atom. The number of likely N-dealkylation sites (tertiary alicyclic amines) is 1. The quantitative estimate of drug-likeness (QED) is 0.206. The Kier molecular flexibility index (Phi) is 10.9. The summed E-state index contributed by atoms with van der Waals surface area (Å²) >= 11 is 0. The first kappa shape index (κ1) is 35.8. The summed E-state index contributed by atoms with van der Waals surface area (Å²) in [6.07, 6.45) is -3.50. The van der Waals surface area contributed by atoms with E-state index in [1.165, 1.54) is 25.1 Å². The molecule has 1 aliphatic heterocycles. The third kappa shape index (κ3) is 8.46. The second kappa shape index (κ2) is 14.4. The lowest BCUT2D eigenvalue weighted by atomic mass is 9.91. The Morgan fingerprint density at radius 3 is 2.23 bits per heavy atom. The average Bonchev–Trinajstić information content (AvgIpc) is 2.91. The number of halogens is 5. The number of amides is 1. The maximum absolute atomic E-state index is 15.7. The van der Waals surface area contributed by atoms with Crippen molar-refractivity contribution in [2.45, 2.75) is 78.6 Å². The van der Waals surface area contributed by atoms with E-state index in [4.69, 9.17) is 0 Å². The molecule has 0 spiro atoms. The summed E-state index contributed by atoms with van der Waals surface area (Å²) in [4.78, 5) is 41.1. The van der Waals surface area contributed by atoms with E-state index in [1.807, 2.05) is 4.90 Å². The molecule has 2 heterocycles. The molecule has 12 heteroatoms. The molecule has 1 fully saturated rings. The Balaban J connectivity index is 1.77. The molecule has 2 atom stereocenters. The van der Waals surface area contributed by atoms with E-state index in [1.54, 1.807) is 33.8 Å². The van der Waals surface area contributed by atoms with Gasteiger partial charge in [-0.3, -0.25) is 14.4 Å². The highest BCUT2D eigenvalue weighted by molar-refractivity contribution is 5.82. The smallest absolute Gasteiger partial charge is 0.416 e. The van der Waals surface area contributed by atoms with Crippen LogP contribution in [0.3, 0.4) is 0 Å². The predicted molar refractivity (Wildman–Crippen MR) is 168 cm³/mol. The number of pyridine rings is 1. The van der Waals surface area contributed by atoms with E-state index in [0.717, 1.165) is 30.3 Å². The van der Waals surface area contributed by atoms with Gasteiger partial charge in [0, 0.05) is 29.9 Å². The van der Waals surface area contributed by atoms with E-state index in [9.17, 15) is 32.7 Å². The minimum atomic E-state index is -4.79. The van der Waals surface area contributed by atoms with Crippen LogP contribution in [0.15, 0.2) is 41.3 Å². The lowest BCUT2D eigenvalue weighted by Crippen LogP contribution is -2.41. The van der Waals surface area contributed by atoms with Gasteiger partial charge in [-0.1, -0.05) is 19.9 Å². The van der Waals surface area contributed by atoms with E-state index < -0.39 is 59.3 Å². The first-order valence-electron chi connectivity index (χ1n) is 15.6. The van der Waals surface area contributed by atoms with Crippen molar-refractivity contribution in [3.8, 4) is 11.1 Å². The molecule has 0 radical (unpaired) electrons. The van der Waals surface area contributed by atoms with Crippen molar-refractivity contribution in [1.29, 1.82) is 0 Å². The third-order valence-electron chi connectivity index (χ3n) is 8.52. The molecule has 0 bridgehead atoms. The Hall–Kier alpha value is -4.06. The lowest BCUT2D eigenvalue weighted by Gasteiger charge is -2.31. The molecular weight excluding hydrogens is 621 g/mol. The number of hydrogen-bond acceptors (Lipinski definition) is 4. The Labute approximate surface area is 270 Å². The molecule has 2 N–H and O–H groups in total. The van der Waals surface area contributed by atoms with Crippen LogP contribution >= 0.6 is 0 Å². The zero-order chi connectivity index (χ0) is 34.8. The van der Waals surface area contributed by atoms with Gasteiger partial charge in [0.1, 0.15) is 17.7 Å². The topological polar surface area (TPSA) is 91.6 Å². The third-order valence-corrected chi connectivity index (χ3v) is 8.52. The number of aryl methyl sites for hydroxylation is 3. The van der Waals surface area contributed by atoms with E-state index in [2.05, 4.69) is 5.32 Å². The molecule has 2 unspecified atom stereocenters. The number of hydrogen-bond donors (Lipinski definition) is 2. The molecule has 4 rings (SSSR count). The van der Waals surface area contributed by atoms with E-state index >= 15 is 8.78 Å². The monoisotopic (exact) mass is 661 g/mol. The normalized spacial score (nSPS) is 15.0. The van der Waals surface area contributed by atoms with Crippen LogP contribution in [-0.4, -0.2) is 46.1 Å². The average molecular weight is 662 g/mol. The number of carbonyl (C=O) groups excluding carboxylic acids is 1. The maximum atomic E-state index is 15.7. The van der Waals surface area contributed by atoms with Gasteiger partial charge < -0.3 is 19.9 Å². The minimum Gasteiger partial charge on any atom is -0.481 e. The number of benzene rings is 2. The lowest BCUT2D eigenvalue weighted by molar-refractivity contribution is -0.139. The van der Waals surface area contributed by atoms with Crippen LogP contribution in [0.2, 0.25) is 0 Å². The summed E-state index contributed by atoms with van der Waals surface area (Å²) in [6.45, 7) is 10.3. The van der Waals surface area contributed by atoms with Gasteiger partial charge in [0.25, 0.3) is 5.56 Å². The Bertz CT molecular complexity index is 1690. The van der Waals surface area contributed by atoms with Crippen molar-refractivity contribution < 1.29 is 36.6 Å². The molecule has 47 heavy (non-hydrogen) atoms. The molecule has 254 valence electrons. The van der Waals surface area contributed by atoms with Crippen LogP contribution < -0.4 is 10.9 Å². The van der Waals surface area contributed by atoms with Gasteiger partial charge in [-0.15, -0.1) is 0 Å². The summed E-state index contributed by atoms with van der Waals surface area (Å²) in [6, 6.07) is 3.53. The molecule has 1 aromatic heterocycles. The molecular formula is C35H40F5N3O4. The van der Waals surface area contributed by atoms with Crippen molar-refractivity contribution in [1.82, 2.24) is 14.8 Å². The van der Waals surface area contributed by atoms with Gasteiger partial charge >= 0.3 is 12.1 Å². The van der Waals surface area contributed by atoms with Crippen molar-refractivity contribution in [3.63, 3.8) is 0 Å². The summed E-state index contributed by atoms with van der Waals surface area (Å²) in [5.74, 6) is -3.79. The summed E-state index contributed by atoms with van der Waals surface area (Å²) < 4.78 is 73.7. The number of rotatable bonds is 12. The van der Waals surface area contributed by atoms with Crippen LogP contribution in [0.25, 0.3) is 11.1 Å². The number of nitrogens with one attached hydrogen (secondary N) is 1. The van der Waals surface area contributed by atoms with Gasteiger partial charge in [-0.05, 0) is 105 Å². The van der Waals surface area contributed by atoms with Crippen molar-refractivity contribution in [2.24, 2.45) is 5.92 Å². The zero-order valence-electron chi connectivity index (χ0n) is 27.1. The standard InChI is InChI=1S/C35H40F5N3O4/c1-19(2)11-29(43-18-23(7-10-42-8-6-9-42)26(16-30(43)44)35(38,39)40)34(47)41-28(17-31(45)46)25-15-24(14-22(5)33(25)37)32-21(4)12-20(3)13-27(32)36/h12-16,18-19,28-29H,6-11,17H2,1-5H3,(H,41,47)(H,45,46). The molecule has 0 aliphatic carbocycles. The first-order chi connectivity index (χ1) is 22.0. The van der Waals surface area contributed by atoms with Gasteiger partial charge in [-0.2, -0.15) is 13.2 Å². The van der Waals surface area contributed by atoms with E-state index in [0.29, 0.717) is 23.7 Å². The number of carbonyl (C=O) groups is 2. The van der Waals surface area contributed by atoms with Crippen molar-refractivity contribution in [3.05, 3.63) is 91.9 Å². The highest BCUT2D eigenvalue weighted by Gasteiger charge is 2.36. The summed E-state index contributed by atoms with van der Waals surface area (Å²) in [5.41, 5.74) is -0.645. The number of aliphatic carboxylic acids is 1. The SMILES string of the molecule is Cc1cc(C)c(-c2cc(C)c(F)c(C(CC(=O)O)NC(=O)C(CC(C)C)n3cc(CCN4CCC4)c(C(F)(F)F)cc3=O)c2)c(F)c1. The van der Waals surface area contributed by atoms with Crippen LogP contribution in [0.1, 0.15) is 78.6 Å². The number of alkyl halides is 3. The van der Waals surface area contributed by atoms with Crippen LogP contribution in [0.5, 0.6) is 0 Å². The second-order valence-corrected chi connectivity index (χ2v) is 12.8. The number of carboxylic acids is 1. The fourth-order valence-electron chi connectivity index (χ4n) is 6.13. The van der Waals surface area contributed by atoms with Crippen LogP contribution in [0, 0.1) is 38.3 Å². The van der Waals surface area contributed by atoms with Crippen molar-refractivity contribution >= 4 is 11.9 Å². The fraction of sp³-hybridized carbons (Fsp3) is 0.457. The Morgan fingerprint density at radius 2 is 1.68 bits per heavy atom. The summed E-state index contributed by atoms with van der Waals surface area (Å²) in [7, 11) is 0. The van der Waals surface area contributed by atoms with E-state index in [-0.39, 0.29) is 46.6 Å². The molecule has 1 saturated heterocycles. The first-order valence-corrected chi connectivity index (χ1v) is 15.6. The second-order valence-electron chi connectivity index (χ2n) is 12.8. The van der Waals surface area contributed by atoms with Gasteiger partial charge in [0.05, 0.1) is 18.0 Å². The zero-order valence-corrected chi connectivity index (χ0v) is 27.1. The molecule has 0 saturated carbocycles. The fourth-order valence-corrected chi connectivity index (χ4v) is 6.13. The number of nitrogens with zero attached hydrogens (tertiary/aromatic N) is 2. The number of carboxylic acid groups (broad SMARTS) is 1. The summed E-state index contributed by atoms with van der Waals surface area (Å²) in [5, 5.41) is 12.3. The largest absolute Gasteiger partial charge is 0.481 e. The number of aromatic nitrogens is 1. The van der Waals surface area contributed by atoms with Gasteiger partial charge in [0.2, 0.25) is 5.91 Å². The van der Waals surface area contributed by atoms with Gasteiger partial charge in [-0.25, -0.2) is 8.78 Å². The highest BCUT2D eigenvalue weighted by Crippen LogP contribution is 2.35. The van der Waals surface area contributed by atoms with Crippen LogP contribution in [-0.2, 0) is 22.2 Å². The molecule has 1 amide bonds. The highest BCUT2D eigenvalue weighted by atomic mass is 19.4. The molecule has 7 nitrogen and oxygen atoms in total. The molecule has 2 aromatic carbocycles. The van der Waals surface area contributed by atoms with Gasteiger partial charge in [0.15, 0.2) is 0 Å². The van der Waals surface area contributed by atoms with Crippen LogP contribution in [0.4, 0.5) is 22.0 Å². The predicted octanol–water partition coefficient (Wildman–Crippen LogP) is 6.91. The minimum absolute atomic E-state index is 0.000945. The van der Waals surface area contributed by atoms with Crippen molar-refractivity contribution in [2.75, 3.05) is 19.6 Å². The maximum Gasteiger partial charge on any atom is 0.416 e. The molecule has 1 aliphatic rings.